The van der Waals surface area contributed by atoms with Gasteiger partial charge in [-0.3, -0.25) is 9.59 Å². The summed E-state index contributed by atoms with van der Waals surface area (Å²) in [4.78, 5) is 25.1. The zero-order valence-corrected chi connectivity index (χ0v) is 12.9. The Bertz CT molecular complexity index is 588. The van der Waals surface area contributed by atoms with Gasteiger partial charge in [0.1, 0.15) is 0 Å². The van der Waals surface area contributed by atoms with Crippen molar-refractivity contribution in [3.63, 3.8) is 0 Å². The molecule has 2 rings (SSSR count). The lowest BCUT2D eigenvalue weighted by Gasteiger charge is -2.29. The van der Waals surface area contributed by atoms with Gasteiger partial charge >= 0.3 is 5.97 Å². The van der Waals surface area contributed by atoms with Crippen molar-refractivity contribution >= 4 is 29.2 Å². The van der Waals surface area contributed by atoms with Crippen LogP contribution in [0.4, 0.5) is 5.69 Å². The quantitative estimate of drug-likeness (QED) is 0.894. The van der Waals surface area contributed by atoms with Gasteiger partial charge in [0, 0.05) is 18.1 Å². The lowest BCUT2D eigenvalue weighted by Crippen LogP contribution is -2.39. The molecule has 1 unspecified atom stereocenters. The number of carbonyl (C=O) groups excluding carboxylic acids is 1. The minimum absolute atomic E-state index is 0.00351. The van der Waals surface area contributed by atoms with Crippen LogP contribution in [-0.2, 0) is 4.79 Å². The number of hydrogen-bond donors (Lipinski definition) is 2. The summed E-state index contributed by atoms with van der Waals surface area (Å²) in [6.07, 6.45) is 0.532. The maximum Gasteiger partial charge on any atom is 0.311 e. The molecule has 5 nitrogen and oxygen atoms in total. The van der Waals surface area contributed by atoms with E-state index in [4.69, 9.17) is 17.3 Å². The van der Waals surface area contributed by atoms with Crippen LogP contribution in [0.15, 0.2) is 18.2 Å². The largest absolute Gasteiger partial charge is 0.481 e. The molecule has 114 valence electrons. The molecule has 1 saturated heterocycles. The van der Waals surface area contributed by atoms with Gasteiger partial charge in [-0.25, -0.2) is 0 Å². The molecule has 1 aromatic carbocycles. The molecular weight excluding hydrogens is 292 g/mol. The molecule has 1 aromatic rings. The third-order valence-electron chi connectivity index (χ3n) is 4.40. The second-order valence-electron chi connectivity index (χ2n) is 5.81. The first-order valence-corrected chi connectivity index (χ1v) is 7.23. The first kappa shape index (κ1) is 15.6. The van der Waals surface area contributed by atoms with Crippen molar-refractivity contribution in [1.82, 2.24) is 0 Å². The van der Waals surface area contributed by atoms with E-state index in [1.54, 1.807) is 18.2 Å². The van der Waals surface area contributed by atoms with E-state index in [1.807, 2.05) is 18.7 Å². The fourth-order valence-corrected chi connectivity index (χ4v) is 3.07. The van der Waals surface area contributed by atoms with Crippen molar-refractivity contribution < 1.29 is 14.7 Å². The summed E-state index contributed by atoms with van der Waals surface area (Å²) in [5.41, 5.74) is 5.56. The predicted octanol–water partition coefficient (Wildman–Crippen LogP) is 2.38. The second-order valence-corrected chi connectivity index (χ2v) is 6.25. The van der Waals surface area contributed by atoms with Crippen LogP contribution in [0.2, 0.25) is 5.02 Å². The molecular formula is C15H19ClN2O3. The number of carboxylic acid groups (broad SMARTS) is 1. The number of nitrogens with zero attached hydrogens (tertiary/aromatic N) is 1. The summed E-state index contributed by atoms with van der Waals surface area (Å²) in [6.45, 7) is 4.72. The molecule has 0 radical (unpaired) electrons. The van der Waals surface area contributed by atoms with Crippen molar-refractivity contribution in [1.29, 1.82) is 0 Å². The number of carboxylic acids is 1. The number of nitrogens with two attached hydrogens (primary N) is 1. The van der Waals surface area contributed by atoms with Crippen molar-refractivity contribution in [2.45, 2.75) is 20.3 Å². The third-order valence-corrected chi connectivity index (χ3v) is 4.63. The van der Waals surface area contributed by atoms with Crippen LogP contribution in [0.5, 0.6) is 0 Å². The number of rotatable bonds is 4. The average molecular weight is 311 g/mol. The predicted molar refractivity (Wildman–Crippen MR) is 81.7 cm³/mol. The maximum atomic E-state index is 11.7. The normalized spacial score (nSPS) is 21.8. The lowest BCUT2D eigenvalue weighted by atomic mass is 9.76. The highest BCUT2D eigenvalue weighted by atomic mass is 35.5. The fourth-order valence-electron chi connectivity index (χ4n) is 2.91. The molecule has 0 bridgehead atoms. The summed E-state index contributed by atoms with van der Waals surface area (Å²) in [5.74, 6) is -1.35. The van der Waals surface area contributed by atoms with Crippen LogP contribution >= 0.6 is 11.6 Å². The number of amides is 1. The van der Waals surface area contributed by atoms with Gasteiger partial charge in [0.25, 0.3) is 5.91 Å². The van der Waals surface area contributed by atoms with E-state index in [9.17, 15) is 14.7 Å². The van der Waals surface area contributed by atoms with E-state index in [1.165, 1.54) is 0 Å². The number of hydrogen-bond acceptors (Lipinski definition) is 3. The average Bonchev–Trinajstić information content (AvgIpc) is 2.84. The molecule has 0 aliphatic carbocycles. The highest BCUT2D eigenvalue weighted by Gasteiger charge is 2.47. The Morgan fingerprint density at radius 2 is 2.10 bits per heavy atom. The highest BCUT2D eigenvalue weighted by molar-refractivity contribution is 6.31. The minimum Gasteiger partial charge on any atom is -0.481 e. The summed E-state index contributed by atoms with van der Waals surface area (Å²) in [7, 11) is 0. The lowest BCUT2D eigenvalue weighted by molar-refractivity contribution is -0.150. The third kappa shape index (κ3) is 2.70. The van der Waals surface area contributed by atoms with Crippen molar-refractivity contribution in [2.24, 2.45) is 17.1 Å². The Kier molecular flexibility index (Phi) is 4.14. The van der Waals surface area contributed by atoms with Gasteiger partial charge in [-0.1, -0.05) is 25.4 Å². The number of halogens is 1. The van der Waals surface area contributed by atoms with Gasteiger partial charge in [-0.05, 0) is 30.5 Å². The molecule has 6 heteroatoms. The SMILES string of the molecule is CC(C)C1(C(=O)O)CCN(c2cc(Cl)ccc2C(N)=O)C1. The fraction of sp³-hybridized carbons (Fsp3) is 0.467. The monoisotopic (exact) mass is 310 g/mol. The molecule has 1 fully saturated rings. The number of benzene rings is 1. The summed E-state index contributed by atoms with van der Waals surface area (Å²) < 4.78 is 0. The van der Waals surface area contributed by atoms with Crippen LogP contribution < -0.4 is 10.6 Å². The Labute approximate surface area is 128 Å². The number of aliphatic carboxylic acids is 1. The molecule has 1 heterocycles. The number of anilines is 1. The molecule has 1 aliphatic rings. The number of primary amides is 1. The first-order valence-electron chi connectivity index (χ1n) is 6.85. The zero-order valence-electron chi connectivity index (χ0n) is 12.1. The molecule has 0 aromatic heterocycles. The molecule has 0 spiro atoms. The standard InChI is InChI=1S/C15H19ClN2O3/c1-9(2)15(14(20)21)5-6-18(8-15)12-7-10(16)3-4-11(12)13(17)19/h3-4,7,9H,5-6,8H2,1-2H3,(H2,17,19)(H,20,21). The van der Waals surface area contributed by atoms with Gasteiger partial charge in [0.2, 0.25) is 0 Å². The van der Waals surface area contributed by atoms with Crippen LogP contribution in [0.3, 0.4) is 0 Å². The molecule has 1 aliphatic heterocycles. The minimum atomic E-state index is -0.808. The topological polar surface area (TPSA) is 83.6 Å². The zero-order chi connectivity index (χ0) is 15.8. The summed E-state index contributed by atoms with van der Waals surface area (Å²) in [5, 5.41) is 10.1. The Hall–Kier alpha value is -1.75. The van der Waals surface area contributed by atoms with E-state index < -0.39 is 17.3 Å². The van der Waals surface area contributed by atoms with E-state index in [2.05, 4.69) is 0 Å². The first-order chi connectivity index (χ1) is 9.78. The molecule has 21 heavy (non-hydrogen) atoms. The Morgan fingerprint density at radius 3 is 2.57 bits per heavy atom. The van der Waals surface area contributed by atoms with E-state index in [-0.39, 0.29) is 5.92 Å². The molecule has 3 N–H and O–H groups in total. The van der Waals surface area contributed by atoms with Crippen LogP contribution in [-0.4, -0.2) is 30.1 Å². The van der Waals surface area contributed by atoms with Crippen LogP contribution in [0.25, 0.3) is 0 Å². The maximum absolute atomic E-state index is 11.7. The van der Waals surface area contributed by atoms with Crippen molar-refractivity contribution in [3.8, 4) is 0 Å². The molecule has 1 amide bonds. The highest BCUT2D eigenvalue weighted by Crippen LogP contribution is 2.41. The summed E-state index contributed by atoms with van der Waals surface area (Å²) in [6, 6.07) is 4.85. The van der Waals surface area contributed by atoms with Crippen LogP contribution in [0.1, 0.15) is 30.6 Å². The van der Waals surface area contributed by atoms with Crippen LogP contribution in [0, 0.1) is 11.3 Å². The second kappa shape index (κ2) is 5.56. The van der Waals surface area contributed by atoms with Crippen molar-refractivity contribution in [2.75, 3.05) is 18.0 Å². The van der Waals surface area contributed by atoms with Gasteiger partial charge in [-0.15, -0.1) is 0 Å². The summed E-state index contributed by atoms with van der Waals surface area (Å²) >= 11 is 6.00. The van der Waals surface area contributed by atoms with E-state index in [0.29, 0.717) is 35.8 Å². The van der Waals surface area contributed by atoms with Gasteiger partial charge < -0.3 is 15.7 Å². The molecule has 0 saturated carbocycles. The smallest absolute Gasteiger partial charge is 0.311 e. The van der Waals surface area contributed by atoms with Gasteiger partial charge in [-0.2, -0.15) is 0 Å². The Balaban J connectivity index is 2.40. The van der Waals surface area contributed by atoms with Gasteiger partial charge in [0.15, 0.2) is 0 Å². The molecule has 1 atom stereocenters. The van der Waals surface area contributed by atoms with Gasteiger partial charge in [0.05, 0.1) is 16.7 Å². The van der Waals surface area contributed by atoms with E-state index in [0.717, 1.165) is 0 Å². The Morgan fingerprint density at radius 1 is 1.43 bits per heavy atom. The number of carbonyl (C=O) groups is 2. The van der Waals surface area contributed by atoms with E-state index >= 15 is 0 Å². The van der Waals surface area contributed by atoms with Crippen molar-refractivity contribution in [3.05, 3.63) is 28.8 Å².